The van der Waals surface area contributed by atoms with Gasteiger partial charge in [0.25, 0.3) is 0 Å². The lowest BCUT2D eigenvalue weighted by Crippen LogP contribution is -2.36. The average molecular weight is 288 g/mol. The highest BCUT2D eigenvalue weighted by Gasteiger charge is 2.21. The monoisotopic (exact) mass is 288 g/mol. The van der Waals surface area contributed by atoms with E-state index in [1.807, 2.05) is 6.26 Å². The van der Waals surface area contributed by atoms with Gasteiger partial charge in [0.1, 0.15) is 5.01 Å². The Bertz CT molecular complexity index is 400. The molecule has 18 heavy (non-hydrogen) atoms. The van der Waals surface area contributed by atoms with Gasteiger partial charge < -0.3 is 5.73 Å². The highest BCUT2D eigenvalue weighted by Crippen LogP contribution is 2.27. The first kappa shape index (κ1) is 15.4. The van der Waals surface area contributed by atoms with E-state index >= 15 is 0 Å². The highest BCUT2D eigenvalue weighted by molar-refractivity contribution is 7.98. The van der Waals surface area contributed by atoms with Crippen LogP contribution in [-0.2, 0) is 10.2 Å². The summed E-state index contributed by atoms with van der Waals surface area (Å²) in [7, 11) is 0. The predicted molar refractivity (Wildman–Crippen MR) is 78.2 cm³/mol. The number of carbonyl (C=O) groups is 1. The van der Waals surface area contributed by atoms with E-state index in [-0.39, 0.29) is 11.3 Å². The van der Waals surface area contributed by atoms with Crippen molar-refractivity contribution < 1.29 is 4.79 Å². The van der Waals surface area contributed by atoms with Crippen molar-refractivity contribution in [1.82, 2.24) is 10.2 Å². The van der Waals surface area contributed by atoms with E-state index in [2.05, 4.69) is 36.3 Å². The van der Waals surface area contributed by atoms with Crippen molar-refractivity contribution in [2.24, 2.45) is 5.73 Å². The molecule has 0 aromatic carbocycles. The Hall–Kier alpha value is -0.660. The topological polar surface area (TPSA) is 80.9 Å². The van der Waals surface area contributed by atoms with E-state index in [9.17, 15) is 4.79 Å². The number of hydrogen-bond donors (Lipinski definition) is 2. The maximum absolute atomic E-state index is 11.8. The third-order valence-corrected chi connectivity index (χ3v) is 4.17. The molecule has 1 amide bonds. The summed E-state index contributed by atoms with van der Waals surface area (Å²) < 4.78 is 0. The van der Waals surface area contributed by atoms with Crippen molar-refractivity contribution in [3.8, 4) is 0 Å². The van der Waals surface area contributed by atoms with Crippen molar-refractivity contribution in [3.05, 3.63) is 5.01 Å². The number of nitrogens with two attached hydrogens (primary N) is 1. The highest BCUT2D eigenvalue weighted by atomic mass is 32.2. The van der Waals surface area contributed by atoms with Gasteiger partial charge in [0.15, 0.2) is 0 Å². The molecule has 0 fully saturated rings. The van der Waals surface area contributed by atoms with Gasteiger partial charge in [0.2, 0.25) is 11.0 Å². The van der Waals surface area contributed by atoms with Crippen LogP contribution in [0.3, 0.4) is 0 Å². The summed E-state index contributed by atoms with van der Waals surface area (Å²) in [5, 5.41) is 12.2. The molecule has 1 aromatic rings. The Morgan fingerprint density at radius 2 is 2.17 bits per heavy atom. The van der Waals surface area contributed by atoms with E-state index < -0.39 is 6.04 Å². The number of rotatable bonds is 5. The predicted octanol–water partition coefficient (Wildman–Crippen LogP) is 1.85. The van der Waals surface area contributed by atoms with E-state index in [1.54, 1.807) is 11.8 Å². The van der Waals surface area contributed by atoms with Gasteiger partial charge in [-0.05, 0) is 18.4 Å². The maximum atomic E-state index is 11.8. The van der Waals surface area contributed by atoms with E-state index in [1.165, 1.54) is 11.3 Å². The Morgan fingerprint density at radius 1 is 1.50 bits per heavy atom. The van der Waals surface area contributed by atoms with Crippen LogP contribution in [0, 0.1) is 0 Å². The summed E-state index contributed by atoms with van der Waals surface area (Å²) in [6.45, 7) is 6.18. The molecular weight excluding hydrogens is 268 g/mol. The fraction of sp³-hybridized carbons (Fsp3) is 0.727. The summed E-state index contributed by atoms with van der Waals surface area (Å²) in [5.74, 6) is 0.679. The minimum Gasteiger partial charge on any atom is -0.320 e. The molecule has 7 heteroatoms. The minimum atomic E-state index is -0.487. The lowest BCUT2D eigenvalue weighted by Gasteiger charge is -2.12. The smallest absolute Gasteiger partial charge is 0.243 e. The van der Waals surface area contributed by atoms with Gasteiger partial charge in [-0.2, -0.15) is 11.8 Å². The lowest BCUT2D eigenvalue weighted by molar-refractivity contribution is -0.117. The molecule has 0 aliphatic carbocycles. The third kappa shape index (κ3) is 4.55. The molecule has 0 bridgehead atoms. The second-order valence-corrected chi connectivity index (χ2v) is 7.00. The molecule has 1 atom stereocenters. The molecule has 0 aliphatic heterocycles. The quantitative estimate of drug-likeness (QED) is 0.864. The third-order valence-electron chi connectivity index (χ3n) is 2.27. The molecule has 0 aliphatic rings. The standard InChI is InChI=1S/C11H20N4OS2/c1-11(2,3)9-14-15-10(18-9)13-8(16)7(12)5-6-17-4/h7H,5-6,12H2,1-4H3,(H,13,15,16)/t7-/m0/s1. The zero-order valence-electron chi connectivity index (χ0n) is 11.2. The Labute approximate surface area is 116 Å². The van der Waals surface area contributed by atoms with Gasteiger partial charge in [0.05, 0.1) is 6.04 Å². The van der Waals surface area contributed by atoms with Gasteiger partial charge >= 0.3 is 0 Å². The number of thioether (sulfide) groups is 1. The van der Waals surface area contributed by atoms with E-state index in [0.717, 1.165) is 10.8 Å². The Balaban J connectivity index is 2.57. The van der Waals surface area contributed by atoms with E-state index in [4.69, 9.17) is 5.73 Å². The number of nitrogens with one attached hydrogen (secondary N) is 1. The lowest BCUT2D eigenvalue weighted by atomic mass is 9.98. The molecule has 0 unspecified atom stereocenters. The molecule has 0 radical (unpaired) electrons. The molecule has 1 rings (SSSR count). The fourth-order valence-electron chi connectivity index (χ4n) is 1.15. The van der Waals surface area contributed by atoms with Gasteiger partial charge in [0, 0.05) is 5.41 Å². The van der Waals surface area contributed by atoms with Crippen molar-refractivity contribution >= 4 is 34.1 Å². The molecule has 3 N–H and O–H groups in total. The molecule has 0 saturated heterocycles. The Kier molecular flexibility index (Phi) is 5.55. The summed E-state index contributed by atoms with van der Waals surface area (Å²) in [6, 6.07) is -0.487. The van der Waals surface area contributed by atoms with Crippen LogP contribution in [0.2, 0.25) is 0 Å². The summed E-state index contributed by atoms with van der Waals surface area (Å²) >= 11 is 3.07. The zero-order chi connectivity index (χ0) is 13.8. The first-order chi connectivity index (χ1) is 8.34. The average Bonchev–Trinajstić information content (AvgIpc) is 2.73. The number of anilines is 1. The number of carbonyl (C=O) groups excluding carboxylic acids is 1. The molecular formula is C11H20N4OS2. The molecule has 102 valence electrons. The van der Waals surface area contributed by atoms with E-state index in [0.29, 0.717) is 11.6 Å². The number of aromatic nitrogens is 2. The second-order valence-electron chi connectivity index (χ2n) is 5.04. The largest absolute Gasteiger partial charge is 0.320 e. The van der Waals surface area contributed by atoms with Crippen molar-refractivity contribution in [2.75, 3.05) is 17.3 Å². The van der Waals surface area contributed by atoms with Gasteiger partial charge in [-0.3, -0.25) is 10.1 Å². The van der Waals surface area contributed by atoms with Crippen LogP contribution in [0.5, 0.6) is 0 Å². The molecule has 1 aromatic heterocycles. The van der Waals surface area contributed by atoms with Crippen molar-refractivity contribution in [3.63, 3.8) is 0 Å². The summed E-state index contributed by atoms with van der Waals surface area (Å²) in [4.78, 5) is 11.8. The maximum Gasteiger partial charge on any atom is 0.243 e. The number of hydrogen-bond acceptors (Lipinski definition) is 6. The van der Waals surface area contributed by atoms with Crippen LogP contribution >= 0.6 is 23.1 Å². The second kappa shape index (κ2) is 6.49. The van der Waals surface area contributed by atoms with Crippen LogP contribution in [0.25, 0.3) is 0 Å². The normalized spacial score (nSPS) is 13.4. The zero-order valence-corrected chi connectivity index (χ0v) is 12.8. The Morgan fingerprint density at radius 3 is 2.67 bits per heavy atom. The van der Waals surface area contributed by atoms with Gasteiger partial charge in [-0.25, -0.2) is 0 Å². The summed E-state index contributed by atoms with van der Waals surface area (Å²) in [5.41, 5.74) is 5.72. The minimum absolute atomic E-state index is 0.0540. The van der Waals surface area contributed by atoms with Crippen LogP contribution in [0.4, 0.5) is 5.13 Å². The molecule has 0 saturated carbocycles. The van der Waals surface area contributed by atoms with Gasteiger partial charge in [-0.1, -0.05) is 32.1 Å². The van der Waals surface area contributed by atoms with Gasteiger partial charge in [-0.15, -0.1) is 10.2 Å². The summed E-state index contributed by atoms with van der Waals surface area (Å²) in [6.07, 6.45) is 2.66. The molecule has 5 nitrogen and oxygen atoms in total. The molecule has 1 heterocycles. The van der Waals surface area contributed by atoms with Crippen molar-refractivity contribution in [1.29, 1.82) is 0 Å². The SMILES string of the molecule is CSCC[C@H](N)C(=O)Nc1nnc(C(C)(C)C)s1. The number of nitrogens with zero attached hydrogens (tertiary/aromatic N) is 2. The molecule has 0 spiro atoms. The first-order valence-corrected chi connectivity index (χ1v) is 7.95. The van der Waals surface area contributed by atoms with Crippen LogP contribution in [0.1, 0.15) is 32.2 Å². The fourth-order valence-corrected chi connectivity index (χ4v) is 2.44. The van der Waals surface area contributed by atoms with Crippen molar-refractivity contribution in [2.45, 2.75) is 38.6 Å². The van der Waals surface area contributed by atoms with Crippen LogP contribution in [-0.4, -0.2) is 34.2 Å². The van der Waals surface area contributed by atoms with Crippen LogP contribution in [0.15, 0.2) is 0 Å². The van der Waals surface area contributed by atoms with Crippen LogP contribution < -0.4 is 11.1 Å². The number of amides is 1. The first-order valence-electron chi connectivity index (χ1n) is 5.74.